The molecular formula is C20H28N4. The van der Waals surface area contributed by atoms with Gasteiger partial charge in [0.2, 0.25) is 0 Å². The molecule has 2 aliphatic heterocycles. The average molecular weight is 324 g/mol. The molecule has 0 aliphatic carbocycles. The molecule has 0 spiro atoms. The Morgan fingerprint density at radius 2 is 1.88 bits per heavy atom. The van der Waals surface area contributed by atoms with Crippen molar-refractivity contribution in [1.82, 2.24) is 9.58 Å². The molecule has 2 aromatic rings. The molecule has 2 aliphatic rings. The molecule has 0 amide bonds. The van der Waals surface area contributed by atoms with Crippen molar-refractivity contribution in [2.45, 2.75) is 32.7 Å². The molecule has 4 heteroatoms. The molecule has 4 nitrogen and oxygen atoms in total. The summed E-state index contributed by atoms with van der Waals surface area (Å²) in [4.78, 5) is 2.64. The van der Waals surface area contributed by atoms with Crippen LogP contribution in [0.1, 0.15) is 31.9 Å². The van der Waals surface area contributed by atoms with Crippen molar-refractivity contribution in [1.29, 1.82) is 0 Å². The summed E-state index contributed by atoms with van der Waals surface area (Å²) in [5.74, 6) is 0.909. The molecule has 4 rings (SSSR count). The number of benzene rings is 1. The summed E-state index contributed by atoms with van der Waals surface area (Å²) in [6.07, 6.45) is 6.10. The molecule has 128 valence electrons. The third kappa shape index (κ3) is 3.16. The monoisotopic (exact) mass is 324 g/mol. The van der Waals surface area contributed by atoms with Gasteiger partial charge < -0.3 is 10.2 Å². The van der Waals surface area contributed by atoms with Crippen LogP contribution < -0.4 is 10.3 Å². The number of hydrogen-bond acceptors (Lipinski definition) is 3. The highest BCUT2D eigenvalue weighted by molar-refractivity contribution is 5.70. The Morgan fingerprint density at radius 1 is 1.04 bits per heavy atom. The zero-order valence-electron chi connectivity index (χ0n) is 14.6. The van der Waals surface area contributed by atoms with Crippen LogP contribution in [0.25, 0.3) is 0 Å². The Bertz CT molecular complexity index is 670. The number of nitrogens with one attached hydrogen (secondary N) is 1. The second kappa shape index (κ2) is 6.89. The fourth-order valence-electron chi connectivity index (χ4n) is 3.89. The number of likely N-dealkylation sites (tertiary alicyclic amines) is 1. The van der Waals surface area contributed by atoms with Gasteiger partial charge in [-0.3, -0.25) is 9.69 Å². The molecule has 0 saturated carbocycles. The van der Waals surface area contributed by atoms with Crippen molar-refractivity contribution in [2.24, 2.45) is 5.92 Å². The average Bonchev–Trinajstić information content (AvgIpc) is 3.02. The van der Waals surface area contributed by atoms with Crippen LogP contribution in [-0.4, -0.2) is 35.8 Å². The fourth-order valence-corrected chi connectivity index (χ4v) is 3.89. The summed E-state index contributed by atoms with van der Waals surface area (Å²) in [6, 6.07) is 13.0. The van der Waals surface area contributed by atoms with Gasteiger partial charge in [-0.25, -0.2) is 0 Å². The van der Waals surface area contributed by atoms with Crippen LogP contribution >= 0.6 is 0 Å². The SMILES string of the molecule is CC1CCN(CCCN2c3ccccc3NCc3cccn32)CC1. The molecule has 24 heavy (non-hydrogen) atoms. The van der Waals surface area contributed by atoms with Gasteiger partial charge in [-0.1, -0.05) is 19.1 Å². The first-order valence-electron chi connectivity index (χ1n) is 9.30. The van der Waals surface area contributed by atoms with E-state index in [1.807, 2.05) is 0 Å². The standard InChI is InChI=1S/C20H28N4/c1-17-9-14-22(15-10-17)11-5-13-24-20-8-3-2-7-19(20)21-16-18-6-4-12-23(18)24/h2-4,6-8,12,17,21H,5,9-11,13-16H2,1H3. The molecule has 0 unspecified atom stereocenters. The van der Waals surface area contributed by atoms with E-state index in [0.29, 0.717) is 0 Å². The normalized spacial score (nSPS) is 18.6. The van der Waals surface area contributed by atoms with Crippen molar-refractivity contribution in [3.05, 3.63) is 48.3 Å². The molecule has 0 bridgehead atoms. The van der Waals surface area contributed by atoms with Crippen molar-refractivity contribution < 1.29 is 0 Å². The lowest BCUT2D eigenvalue weighted by molar-refractivity contribution is 0.191. The Hall–Kier alpha value is -1.94. The van der Waals surface area contributed by atoms with E-state index in [-0.39, 0.29) is 0 Å². The number of aromatic nitrogens is 1. The minimum Gasteiger partial charge on any atom is -0.378 e. The first-order valence-corrected chi connectivity index (χ1v) is 9.30. The lowest BCUT2D eigenvalue weighted by Gasteiger charge is -2.32. The molecule has 3 heterocycles. The maximum atomic E-state index is 3.57. The van der Waals surface area contributed by atoms with Crippen LogP contribution in [0.5, 0.6) is 0 Å². The highest BCUT2D eigenvalue weighted by atomic mass is 15.6. The fraction of sp³-hybridized carbons (Fsp3) is 0.500. The summed E-state index contributed by atoms with van der Waals surface area (Å²) in [7, 11) is 0. The van der Waals surface area contributed by atoms with Crippen molar-refractivity contribution >= 4 is 11.4 Å². The van der Waals surface area contributed by atoms with Crippen molar-refractivity contribution in [3.63, 3.8) is 0 Å². The van der Waals surface area contributed by atoms with E-state index in [4.69, 9.17) is 0 Å². The predicted molar refractivity (Wildman–Crippen MR) is 100 cm³/mol. The van der Waals surface area contributed by atoms with Crippen LogP contribution in [0.15, 0.2) is 42.6 Å². The second-order valence-corrected chi connectivity index (χ2v) is 7.22. The van der Waals surface area contributed by atoms with Gasteiger partial charge in [-0.2, -0.15) is 0 Å². The summed E-state index contributed by atoms with van der Waals surface area (Å²) in [5, 5.41) is 6.00. The Labute approximate surface area is 145 Å². The quantitative estimate of drug-likeness (QED) is 0.925. The molecule has 1 saturated heterocycles. The molecule has 0 atom stereocenters. The van der Waals surface area contributed by atoms with Gasteiger partial charge >= 0.3 is 0 Å². The highest BCUT2D eigenvalue weighted by Gasteiger charge is 2.20. The van der Waals surface area contributed by atoms with E-state index in [9.17, 15) is 0 Å². The van der Waals surface area contributed by atoms with Crippen LogP contribution in [-0.2, 0) is 6.54 Å². The lowest BCUT2D eigenvalue weighted by atomic mass is 9.99. The minimum absolute atomic E-state index is 0.879. The Kier molecular flexibility index (Phi) is 4.48. The van der Waals surface area contributed by atoms with E-state index in [1.165, 1.54) is 56.0 Å². The molecule has 0 radical (unpaired) electrons. The summed E-state index contributed by atoms with van der Waals surface area (Å²) < 4.78 is 2.32. The van der Waals surface area contributed by atoms with Crippen molar-refractivity contribution in [3.8, 4) is 0 Å². The summed E-state index contributed by atoms with van der Waals surface area (Å²) >= 11 is 0. The van der Waals surface area contributed by atoms with Gasteiger partial charge in [-0.05, 0) is 69.1 Å². The summed E-state index contributed by atoms with van der Waals surface area (Å²) in [6.45, 7) is 8.06. The molecule has 1 N–H and O–H groups in total. The van der Waals surface area contributed by atoms with E-state index in [1.54, 1.807) is 0 Å². The predicted octanol–water partition coefficient (Wildman–Crippen LogP) is 3.81. The zero-order valence-corrected chi connectivity index (χ0v) is 14.6. The topological polar surface area (TPSA) is 23.4 Å². The van der Waals surface area contributed by atoms with Crippen molar-refractivity contribution in [2.75, 3.05) is 36.5 Å². The number of nitrogens with zero attached hydrogens (tertiary/aromatic N) is 3. The van der Waals surface area contributed by atoms with Gasteiger partial charge in [0.15, 0.2) is 0 Å². The molecular weight excluding hydrogens is 296 g/mol. The number of hydrogen-bond donors (Lipinski definition) is 1. The first-order chi connectivity index (χ1) is 11.8. The summed E-state index contributed by atoms with van der Waals surface area (Å²) in [5.41, 5.74) is 3.82. The number of para-hydroxylation sites is 2. The number of fused-ring (bicyclic) bond motifs is 2. The Morgan fingerprint density at radius 3 is 2.75 bits per heavy atom. The van der Waals surface area contributed by atoms with Crippen LogP contribution in [0.2, 0.25) is 0 Å². The van der Waals surface area contributed by atoms with Crippen LogP contribution in [0.4, 0.5) is 11.4 Å². The van der Waals surface area contributed by atoms with Crippen LogP contribution in [0, 0.1) is 5.92 Å². The maximum Gasteiger partial charge on any atom is 0.0809 e. The van der Waals surface area contributed by atoms with Gasteiger partial charge in [0.25, 0.3) is 0 Å². The van der Waals surface area contributed by atoms with E-state index in [2.05, 4.69) is 69.4 Å². The number of anilines is 2. The van der Waals surface area contributed by atoms with Gasteiger partial charge in [0.1, 0.15) is 0 Å². The second-order valence-electron chi connectivity index (χ2n) is 7.22. The highest BCUT2D eigenvalue weighted by Crippen LogP contribution is 2.30. The number of piperidine rings is 1. The largest absolute Gasteiger partial charge is 0.378 e. The van der Waals surface area contributed by atoms with E-state index < -0.39 is 0 Å². The third-order valence-corrected chi connectivity index (χ3v) is 5.43. The molecule has 1 aromatic carbocycles. The zero-order chi connectivity index (χ0) is 16.4. The van der Waals surface area contributed by atoms with Gasteiger partial charge in [0, 0.05) is 12.7 Å². The minimum atomic E-state index is 0.879. The van der Waals surface area contributed by atoms with Crippen LogP contribution in [0.3, 0.4) is 0 Å². The number of rotatable bonds is 4. The van der Waals surface area contributed by atoms with Gasteiger partial charge in [-0.15, -0.1) is 0 Å². The maximum absolute atomic E-state index is 3.57. The molecule has 1 fully saturated rings. The smallest absolute Gasteiger partial charge is 0.0809 e. The first kappa shape index (κ1) is 15.6. The van der Waals surface area contributed by atoms with E-state index >= 15 is 0 Å². The van der Waals surface area contributed by atoms with E-state index in [0.717, 1.165) is 19.0 Å². The lowest BCUT2D eigenvalue weighted by Crippen LogP contribution is -2.36. The third-order valence-electron chi connectivity index (χ3n) is 5.43. The Balaban J connectivity index is 1.46. The molecule has 1 aromatic heterocycles. The van der Waals surface area contributed by atoms with Gasteiger partial charge in [0.05, 0.1) is 23.6 Å².